The number of hydrogen-bond donors (Lipinski definition) is 3. The normalized spacial score (nSPS) is 14.9. The molecular weight excluding hydrogens is 386 g/mol. The minimum atomic E-state index is -0.389. The van der Waals surface area contributed by atoms with Crippen molar-refractivity contribution in [2.75, 3.05) is 19.7 Å². The van der Waals surface area contributed by atoms with Gasteiger partial charge in [0.25, 0.3) is 0 Å². The summed E-state index contributed by atoms with van der Waals surface area (Å²) in [5.41, 5.74) is 3.62. The van der Waals surface area contributed by atoms with Crippen LogP contribution in [-0.4, -0.2) is 31.7 Å². The van der Waals surface area contributed by atoms with Crippen LogP contribution >= 0.6 is 11.3 Å². The number of carbonyl (C=O) groups excluding carboxylic acids is 2. The van der Waals surface area contributed by atoms with Gasteiger partial charge in [-0.15, -0.1) is 11.3 Å². The number of amides is 2. The maximum absolute atomic E-state index is 12.3. The standard InChI is InChI=1S/C22H27N3O3S/c1-3-6-15-8-10-16(11-9-15)20(19-7-5-12-29-19)23-14-18-17(21(26)28-4-2)13-24-22(27)25-18/h5,7-12,20,23H,3-4,6,13-14H2,1-2H3,(H2,24,25,27)/p+1/t20-/m1/s1. The van der Waals surface area contributed by atoms with Crippen LogP contribution in [0, 0.1) is 0 Å². The molecule has 0 radical (unpaired) electrons. The Kier molecular flexibility index (Phi) is 7.43. The Morgan fingerprint density at radius 3 is 2.69 bits per heavy atom. The minimum absolute atomic E-state index is 0.0911. The number of aryl methyl sites for hydroxylation is 1. The van der Waals surface area contributed by atoms with Gasteiger partial charge < -0.3 is 20.7 Å². The molecule has 2 amide bonds. The average molecular weight is 415 g/mol. The lowest BCUT2D eigenvalue weighted by Crippen LogP contribution is -2.86. The molecule has 1 aromatic carbocycles. The van der Waals surface area contributed by atoms with Crippen molar-refractivity contribution in [3.8, 4) is 0 Å². The fourth-order valence-electron chi connectivity index (χ4n) is 3.42. The lowest BCUT2D eigenvalue weighted by Gasteiger charge is -2.22. The molecule has 154 valence electrons. The van der Waals surface area contributed by atoms with Crippen molar-refractivity contribution < 1.29 is 19.6 Å². The zero-order valence-electron chi connectivity index (χ0n) is 16.9. The van der Waals surface area contributed by atoms with Gasteiger partial charge in [0, 0.05) is 5.56 Å². The van der Waals surface area contributed by atoms with Gasteiger partial charge in [0.15, 0.2) is 0 Å². The minimum Gasteiger partial charge on any atom is -0.463 e. The molecule has 3 rings (SSSR count). The highest BCUT2D eigenvalue weighted by molar-refractivity contribution is 7.10. The molecular formula is C22H28N3O3S+. The molecule has 0 spiro atoms. The maximum atomic E-state index is 12.3. The molecule has 2 heterocycles. The molecule has 7 heteroatoms. The van der Waals surface area contributed by atoms with E-state index in [9.17, 15) is 9.59 Å². The van der Waals surface area contributed by atoms with Crippen molar-refractivity contribution in [2.45, 2.75) is 32.7 Å². The number of nitrogens with one attached hydrogen (secondary N) is 2. The number of thiophene rings is 1. The Bertz CT molecular complexity index is 860. The van der Waals surface area contributed by atoms with Crippen LogP contribution in [0.25, 0.3) is 0 Å². The highest BCUT2D eigenvalue weighted by Gasteiger charge is 2.26. The lowest BCUT2D eigenvalue weighted by atomic mass is 10.0. The van der Waals surface area contributed by atoms with E-state index in [2.05, 4.69) is 58.6 Å². The number of urea groups is 1. The summed E-state index contributed by atoms with van der Waals surface area (Å²) >= 11 is 1.70. The van der Waals surface area contributed by atoms with Crippen LogP contribution in [0.5, 0.6) is 0 Å². The SMILES string of the molecule is CCCc1ccc([C@@H]([NH2+]CC2=C(C(=O)OCC)CNC(=O)N2)c2cccs2)cc1. The third-order valence-electron chi connectivity index (χ3n) is 4.86. The summed E-state index contributed by atoms with van der Waals surface area (Å²) in [6, 6.07) is 12.7. The van der Waals surface area contributed by atoms with Gasteiger partial charge in [0.05, 0.1) is 29.3 Å². The first-order valence-electron chi connectivity index (χ1n) is 10.0. The molecule has 1 atom stereocenters. The molecule has 1 aromatic heterocycles. The van der Waals surface area contributed by atoms with Gasteiger partial charge >= 0.3 is 12.0 Å². The Balaban J connectivity index is 1.82. The van der Waals surface area contributed by atoms with Gasteiger partial charge in [-0.1, -0.05) is 43.7 Å². The second kappa shape index (κ2) is 10.2. The quantitative estimate of drug-likeness (QED) is 0.551. The van der Waals surface area contributed by atoms with Crippen LogP contribution in [0.15, 0.2) is 53.0 Å². The van der Waals surface area contributed by atoms with Gasteiger partial charge in [-0.3, -0.25) is 0 Å². The first kappa shape index (κ1) is 21.1. The van der Waals surface area contributed by atoms with E-state index in [0.29, 0.717) is 24.4 Å². The monoisotopic (exact) mass is 414 g/mol. The van der Waals surface area contributed by atoms with Crippen LogP contribution in [-0.2, 0) is 16.0 Å². The topological polar surface area (TPSA) is 84.0 Å². The molecule has 0 saturated carbocycles. The molecule has 4 N–H and O–H groups in total. The summed E-state index contributed by atoms with van der Waals surface area (Å²) in [6.07, 6.45) is 2.20. The third kappa shape index (κ3) is 5.46. The highest BCUT2D eigenvalue weighted by Crippen LogP contribution is 2.23. The number of hydrogen-bond acceptors (Lipinski definition) is 4. The van der Waals surface area contributed by atoms with E-state index < -0.39 is 0 Å². The number of nitrogens with two attached hydrogens (primary N) is 1. The van der Waals surface area contributed by atoms with E-state index in [0.717, 1.165) is 12.8 Å². The second-order valence-electron chi connectivity index (χ2n) is 6.91. The highest BCUT2D eigenvalue weighted by atomic mass is 32.1. The van der Waals surface area contributed by atoms with Crippen molar-refractivity contribution in [1.29, 1.82) is 0 Å². The number of quaternary nitrogens is 1. The van der Waals surface area contributed by atoms with E-state index in [-0.39, 0.29) is 24.6 Å². The number of esters is 1. The fraction of sp³-hybridized carbons (Fsp3) is 0.364. The van der Waals surface area contributed by atoms with E-state index in [1.54, 1.807) is 18.3 Å². The summed E-state index contributed by atoms with van der Waals surface area (Å²) < 4.78 is 5.15. The summed E-state index contributed by atoms with van der Waals surface area (Å²) in [4.78, 5) is 25.3. The van der Waals surface area contributed by atoms with Crippen molar-refractivity contribution in [3.63, 3.8) is 0 Å². The molecule has 1 aliphatic heterocycles. The van der Waals surface area contributed by atoms with E-state index >= 15 is 0 Å². The number of ether oxygens (including phenoxy) is 1. The summed E-state index contributed by atoms with van der Waals surface area (Å²) in [5.74, 6) is -0.389. The van der Waals surface area contributed by atoms with Crippen molar-refractivity contribution >= 4 is 23.3 Å². The van der Waals surface area contributed by atoms with Gasteiger partial charge in [-0.2, -0.15) is 0 Å². The molecule has 6 nitrogen and oxygen atoms in total. The van der Waals surface area contributed by atoms with E-state index in [1.165, 1.54) is 16.0 Å². The largest absolute Gasteiger partial charge is 0.463 e. The molecule has 2 aromatic rings. The average Bonchev–Trinajstić information content (AvgIpc) is 3.24. The maximum Gasteiger partial charge on any atom is 0.337 e. The molecule has 29 heavy (non-hydrogen) atoms. The molecule has 0 aliphatic carbocycles. The van der Waals surface area contributed by atoms with Crippen LogP contribution in [0.4, 0.5) is 4.79 Å². The molecule has 0 bridgehead atoms. The zero-order chi connectivity index (χ0) is 20.6. The van der Waals surface area contributed by atoms with E-state index in [4.69, 9.17) is 4.74 Å². The van der Waals surface area contributed by atoms with Crippen molar-refractivity contribution in [2.24, 2.45) is 0 Å². The summed E-state index contributed by atoms with van der Waals surface area (Å²) in [6.45, 7) is 4.91. The van der Waals surface area contributed by atoms with Crippen molar-refractivity contribution in [1.82, 2.24) is 10.6 Å². The predicted octanol–water partition coefficient (Wildman–Crippen LogP) is 2.48. The van der Waals surface area contributed by atoms with Gasteiger partial charge in [0.1, 0.15) is 12.6 Å². The Morgan fingerprint density at radius 1 is 1.24 bits per heavy atom. The Labute approximate surface area is 175 Å². The van der Waals surface area contributed by atoms with Crippen LogP contribution in [0.2, 0.25) is 0 Å². The van der Waals surface area contributed by atoms with Crippen LogP contribution < -0.4 is 16.0 Å². The molecule has 0 fully saturated rings. The lowest BCUT2D eigenvalue weighted by molar-refractivity contribution is -0.680. The van der Waals surface area contributed by atoms with Crippen molar-refractivity contribution in [3.05, 3.63) is 69.1 Å². The van der Waals surface area contributed by atoms with E-state index in [1.807, 2.05) is 6.07 Å². The first-order valence-corrected chi connectivity index (χ1v) is 10.9. The fourth-order valence-corrected chi connectivity index (χ4v) is 4.27. The zero-order valence-corrected chi connectivity index (χ0v) is 17.7. The van der Waals surface area contributed by atoms with Crippen LogP contribution in [0.3, 0.4) is 0 Å². The summed E-state index contributed by atoms with van der Waals surface area (Å²) in [5, 5.41) is 9.65. The van der Waals surface area contributed by atoms with Crippen LogP contribution in [0.1, 0.15) is 42.3 Å². The van der Waals surface area contributed by atoms with Gasteiger partial charge in [-0.05, 0) is 30.4 Å². The molecule has 0 saturated heterocycles. The Morgan fingerprint density at radius 2 is 2.03 bits per heavy atom. The van der Waals surface area contributed by atoms with Gasteiger partial charge in [0.2, 0.25) is 0 Å². The van der Waals surface area contributed by atoms with Gasteiger partial charge in [-0.25, -0.2) is 9.59 Å². The number of carbonyl (C=O) groups is 2. The Hall–Kier alpha value is -2.64. The summed E-state index contributed by atoms with van der Waals surface area (Å²) in [7, 11) is 0. The third-order valence-corrected chi connectivity index (χ3v) is 5.82. The smallest absolute Gasteiger partial charge is 0.337 e. The second-order valence-corrected chi connectivity index (χ2v) is 7.89. The molecule has 0 unspecified atom stereocenters. The first-order chi connectivity index (χ1) is 14.1. The number of benzene rings is 1. The molecule has 1 aliphatic rings. The predicted molar refractivity (Wildman–Crippen MR) is 114 cm³/mol. The number of rotatable bonds is 9.